The molecule has 8 nitrogen and oxygen atoms in total. The molecule has 0 fully saturated rings. The van der Waals surface area contributed by atoms with E-state index in [-0.39, 0.29) is 23.9 Å². The van der Waals surface area contributed by atoms with Gasteiger partial charge in [0, 0.05) is 11.9 Å². The fraction of sp³-hybridized carbons (Fsp3) is 0.111. The highest BCUT2D eigenvalue weighted by atomic mass is 19.1. The van der Waals surface area contributed by atoms with Crippen molar-refractivity contribution >= 4 is 23.1 Å². The molecule has 4 aromatic rings. The zero-order chi connectivity index (χ0) is 26.4. The number of aliphatic hydroxyl groups is 2. The molecule has 3 aromatic carbocycles. The lowest BCUT2D eigenvalue weighted by atomic mass is 10.0. The molecule has 0 aliphatic rings. The first-order valence-corrected chi connectivity index (χ1v) is 11.1. The minimum atomic E-state index is -1.32. The summed E-state index contributed by atoms with van der Waals surface area (Å²) in [7, 11) is 0. The van der Waals surface area contributed by atoms with Gasteiger partial charge in [0.25, 0.3) is 0 Å². The number of aliphatic hydroxyl groups excluding tert-OH is 2. The first-order valence-electron chi connectivity index (χ1n) is 11.1. The van der Waals surface area contributed by atoms with Crippen LogP contribution in [-0.4, -0.2) is 39.4 Å². The third-order valence-electron chi connectivity index (χ3n) is 5.43. The summed E-state index contributed by atoms with van der Waals surface area (Å²) in [6.45, 7) is -0.988. The van der Waals surface area contributed by atoms with E-state index in [1.807, 2.05) is 12.1 Å². The van der Waals surface area contributed by atoms with E-state index >= 15 is 8.78 Å². The second kappa shape index (κ2) is 11.2. The van der Waals surface area contributed by atoms with Crippen LogP contribution >= 0.6 is 0 Å². The quantitative estimate of drug-likeness (QED) is 0.326. The van der Waals surface area contributed by atoms with Gasteiger partial charge in [-0.2, -0.15) is 15.5 Å². The van der Waals surface area contributed by atoms with Gasteiger partial charge in [-0.15, -0.1) is 0 Å². The van der Waals surface area contributed by atoms with Crippen molar-refractivity contribution in [1.29, 1.82) is 10.5 Å². The predicted octanol–water partition coefficient (Wildman–Crippen LogP) is 4.40. The largest absolute Gasteiger partial charge is 0.394 e. The Bertz CT molecular complexity index is 1460. The lowest BCUT2D eigenvalue weighted by molar-refractivity contribution is 0.101. The highest BCUT2D eigenvalue weighted by Gasteiger charge is 2.24. The Hall–Kier alpha value is -4.90. The van der Waals surface area contributed by atoms with Crippen LogP contribution < -0.4 is 10.2 Å². The molecule has 0 spiro atoms. The van der Waals surface area contributed by atoms with Gasteiger partial charge in [0.1, 0.15) is 11.5 Å². The number of nitrogens with one attached hydrogen (secondary N) is 1. The Labute approximate surface area is 211 Å². The van der Waals surface area contributed by atoms with Crippen LogP contribution in [0.5, 0.6) is 0 Å². The Balaban J connectivity index is 1.71. The fourth-order valence-electron chi connectivity index (χ4n) is 3.61. The maximum Gasteiger partial charge on any atom is 0.229 e. The van der Waals surface area contributed by atoms with E-state index in [1.54, 1.807) is 48.5 Å². The molecule has 4 rings (SSSR count). The summed E-state index contributed by atoms with van der Waals surface area (Å²) in [5.41, 5.74) is 1.78. The molecule has 37 heavy (non-hydrogen) atoms. The normalized spacial score (nSPS) is 11.3. The summed E-state index contributed by atoms with van der Waals surface area (Å²) in [4.78, 5) is 9.59. The van der Waals surface area contributed by atoms with Crippen LogP contribution in [0.15, 0.2) is 72.9 Å². The Morgan fingerprint density at radius 2 is 1.49 bits per heavy atom. The molecule has 10 heteroatoms. The Morgan fingerprint density at radius 3 is 2.05 bits per heavy atom. The summed E-state index contributed by atoms with van der Waals surface area (Å²) in [6, 6.07) is 20.5. The van der Waals surface area contributed by atoms with Crippen LogP contribution in [0.25, 0.3) is 11.1 Å². The number of hydrogen-bond donors (Lipinski definition) is 3. The minimum absolute atomic E-state index is 0.0718. The van der Waals surface area contributed by atoms with Crippen molar-refractivity contribution in [1.82, 2.24) is 9.97 Å². The van der Waals surface area contributed by atoms with Crippen molar-refractivity contribution < 1.29 is 19.0 Å². The van der Waals surface area contributed by atoms with Crippen molar-refractivity contribution in [3.8, 4) is 23.3 Å². The summed E-state index contributed by atoms with van der Waals surface area (Å²) >= 11 is 0. The molecule has 184 valence electrons. The molecular formula is C27H20F2N6O2. The maximum atomic E-state index is 15.4. The number of hydrogen-bond acceptors (Lipinski definition) is 8. The average Bonchev–Trinajstić information content (AvgIpc) is 2.92. The predicted molar refractivity (Wildman–Crippen MR) is 133 cm³/mol. The number of aromatic nitrogens is 2. The zero-order valence-electron chi connectivity index (χ0n) is 19.3. The molecule has 1 aromatic heterocycles. The standard InChI is InChI=1S/C27H20F2N6O2/c28-23-11-20(19-5-1-17(13-30)2-6-19)12-24(29)26(23)35(15-22(37)16-36)25-9-10-32-27(34-25)33-21-7-3-18(14-31)4-8-21/h1-12,22,36-37H,15-16H2,(H,32,33,34). The van der Waals surface area contributed by atoms with Crippen molar-refractivity contribution in [2.45, 2.75) is 6.10 Å². The molecular weight excluding hydrogens is 478 g/mol. The molecule has 0 saturated heterocycles. The van der Waals surface area contributed by atoms with Crippen molar-refractivity contribution in [3.05, 3.63) is 95.7 Å². The van der Waals surface area contributed by atoms with Gasteiger partial charge in [-0.1, -0.05) is 12.1 Å². The topological polar surface area (TPSA) is 129 Å². The third kappa shape index (κ3) is 5.85. The van der Waals surface area contributed by atoms with Gasteiger partial charge in [-0.25, -0.2) is 13.8 Å². The van der Waals surface area contributed by atoms with E-state index in [2.05, 4.69) is 15.3 Å². The lowest BCUT2D eigenvalue weighted by Gasteiger charge is -2.27. The minimum Gasteiger partial charge on any atom is -0.394 e. The number of nitriles is 2. The molecule has 1 atom stereocenters. The number of halogens is 2. The van der Waals surface area contributed by atoms with Crippen LogP contribution in [0.1, 0.15) is 11.1 Å². The smallest absolute Gasteiger partial charge is 0.229 e. The summed E-state index contributed by atoms with van der Waals surface area (Å²) < 4.78 is 30.8. The van der Waals surface area contributed by atoms with E-state index in [0.29, 0.717) is 22.4 Å². The highest BCUT2D eigenvalue weighted by Crippen LogP contribution is 2.34. The van der Waals surface area contributed by atoms with Crippen LogP contribution in [0.3, 0.4) is 0 Å². The highest BCUT2D eigenvalue weighted by molar-refractivity contribution is 5.71. The first-order chi connectivity index (χ1) is 17.9. The molecule has 0 amide bonds. The van der Waals surface area contributed by atoms with Crippen LogP contribution in [-0.2, 0) is 0 Å². The van der Waals surface area contributed by atoms with E-state index < -0.39 is 30.0 Å². The maximum absolute atomic E-state index is 15.4. The second-order valence-corrected chi connectivity index (χ2v) is 7.98. The molecule has 1 heterocycles. The summed E-state index contributed by atoms with van der Waals surface area (Å²) in [5.74, 6) is -1.64. The number of anilines is 4. The molecule has 0 aliphatic carbocycles. The second-order valence-electron chi connectivity index (χ2n) is 7.98. The van der Waals surface area contributed by atoms with Gasteiger partial charge < -0.3 is 20.4 Å². The first kappa shape index (κ1) is 25.2. The zero-order valence-corrected chi connectivity index (χ0v) is 19.3. The summed E-state index contributed by atoms with van der Waals surface area (Å²) in [6.07, 6.45) is 0.0648. The molecule has 0 radical (unpaired) electrons. The fourth-order valence-corrected chi connectivity index (χ4v) is 3.61. The summed E-state index contributed by atoms with van der Waals surface area (Å²) in [5, 5.41) is 40.4. The number of rotatable bonds is 8. The molecule has 1 unspecified atom stereocenters. The molecule has 0 bridgehead atoms. The van der Waals surface area contributed by atoms with Crippen molar-refractivity contribution in [2.24, 2.45) is 0 Å². The number of benzene rings is 3. The van der Waals surface area contributed by atoms with Gasteiger partial charge in [0.2, 0.25) is 5.95 Å². The van der Waals surface area contributed by atoms with Crippen molar-refractivity contribution in [3.63, 3.8) is 0 Å². The van der Waals surface area contributed by atoms with Crippen molar-refractivity contribution in [2.75, 3.05) is 23.4 Å². The SMILES string of the molecule is N#Cc1ccc(Nc2nccc(N(CC(O)CO)c3c(F)cc(-c4ccc(C#N)cc4)cc3F)n2)cc1. The Kier molecular flexibility index (Phi) is 7.65. The van der Waals surface area contributed by atoms with Gasteiger partial charge in [0.05, 0.1) is 42.5 Å². The Morgan fingerprint density at radius 1 is 0.892 bits per heavy atom. The van der Waals surface area contributed by atoms with E-state index in [4.69, 9.17) is 10.5 Å². The van der Waals surface area contributed by atoms with Crippen LogP contribution in [0.2, 0.25) is 0 Å². The molecule has 3 N–H and O–H groups in total. The number of nitrogens with zero attached hydrogens (tertiary/aromatic N) is 5. The third-order valence-corrected chi connectivity index (χ3v) is 5.43. The van der Waals surface area contributed by atoms with Gasteiger partial charge in [-0.05, 0) is 65.7 Å². The van der Waals surface area contributed by atoms with E-state index in [9.17, 15) is 10.2 Å². The van der Waals surface area contributed by atoms with Gasteiger partial charge in [0.15, 0.2) is 11.6 Å². The van der Waals surface area contributed by atoms with Crippen LogP contribution in [0.4, 0.5) is 31.9 Å². The van der Waals surface area contributed by atoms with E-state index in [1.165, 1.54) is 12.3 Å². The van der Waals surface area contributed by atoms with Gasteiger partial charge in [-0.3, -0.25) is 0 Å². The van der Waals surface area contributed by atoms with Gasteiger partial charge >= 0.3 is 0 Å². The van der Waals surface area contributed by atoms with E-state index in [0.717, 1.165) is 17.0 Å². The average molecular weight is 498 g/mol. The molecule has 0 aliphatic heterocycles. The monoisotopic (exact) mass is 498 g/mol. The lowest BCUT2D eigenvalue weighted by Crippen LogP contribution is -2.32. The molecule has 0 saturated carbocycles. The van der Waals surface area contributed by atoms with Crippen LogP contribution in [0, 0.1) is 34.3 Å².